The molecular formula is C10H18ClNO. The van der Waals surface area contributed by atoms with Crippen LogP contribution in [-0.4, -0.2) is 29.3 Å². The number of rotatable bonds is 6. The van der Waals surface area contributed by atoms with Gasteiger partial charge in [-0.1, -0.05) is 6.92 Å². The van der Waals surface area contributed by atoms with Gasteiger partial charge in [-0.2, -0.15) is 0 Å². The van der Waals surface area contributed by atoms with Gasteiger partial charge < -0.3 is 4.90 Å². The number of nitrogens with zero attached hydrogens (tertiary/aromatic N) is 1. The van der Waals surface area contributed by atoms with Crippen LogP contribution in [0.1, 0.15) is 39.0 Å². The molecule has 0 spiro atoms. The number of hydrogen-bond donors (Lipinski definition) is 0. The molecule has 0 aliphatic heterocycles. The summed E-state index contributed by atoms with van der Waals surface area (Å²) >= 11 is 5.55. The highest BCUT2D eigenvalue weighted by Crippen LogP contribution is 2.27. The second kappa shape index (κ2) is 5.48. The van der Waals surface area contributed by atoms with E-state index in [2.05, 4.69) is 6.92 Å². The van der Waals surface area contributed by atoms with Gasteiger partial charge in [-0.25, -0.2) is 0 Å². The van der Waals surface area contributed by atoms with E-state index in [0.717, 1.165) is 19.4 Å². The quantitative estimate of drug-likeness (QED) is 0.608. The van der Waals surface area contributed by atoms with Crippen LogP contribution in [-0.2, 0) is 4.79 Å². The van der Waals surface area contributed by atoms with Crippen molar-refractivity contribution in [3.63, 3.8) is 0 Å². The largest absolute Gasteiger partial charge is 0.340 e. The molecule has 1 amide bonds. The Morgan fingerprint density at radius 1 is 1.54 bits per heavy atom. The standard InChI is InChI=1S/C10H18ClNO/c1-2-8-12(9-5-6-9)10(13)4-3-7-11/h9H,2-8H2,1H3. The fourth-order valence-corrected chi connectivity index (χ4v) is 1.63. The minimum atomic E-state index is 0.296. The van der Waals surface area contributed by atoms with Crippen molar-refractivity contribution < 1.29 is 4.79 Å². The van der Waals surface area contributed by atoms with Crippen LogP contribution in [0.4, 0.5) is 0 Å². The highest BCUT2D eigenvalue weighted by Gasteiger charge is 2.31. The van der Waals surface area contributed by atoms with Crippen molar-refractivity contribution in [3.8, 4) is 0 Å². The molecule has 0 aromatic carbocycles. The van der Waals surface area contributed by atoms with E-state index >= 15 is 0 Å². The van der Waals surface area contributed by atoms with Gasteiger partial charge in [-0.15, -0.1) is 11.6 Å². The lowest BCUT2D eigenvalue weighted by atomic mass is 10.2. The van der Waals surface area contributed by atoms with Gasteiger partial charge >= 0.3 is 0 Å². The van der Waals surface area contributed by atoms with Gasteiger partial charge in [-0.3, -0.25) is 4.79 Å². The molecule has 0 atom stereocenters. The molecule has 2 nitrogen and oxygen atoms in total. The Balaban J connectivity index is 2.29. The molecule has 76 valence electrons. The lowest BCUT2D eigenvalue weighted by Crippen LogP contribution is -2.33. The Morgan fingerprint density at radius 3 is 2.69 bits per heavy atom. The van der Waals surface area contributed by atoms with E-state index in [1.165, 1.54) is 12.8 Å². The van der Waals surface area contributed by atoms with Gasteiger partial charge in [0.05, 0.1) is 0 Å². The van der Waals surface area contributed by atoms with Crippen LogP contribution in [0, 0.1) is 0 Å². The maximum atomic E-state index is 11.6. The first-order valence-electron chi connectivity index (χ1n) is 5.15. The molecule has 1 fully saturated rings. The number of carbonyl (C=O) groups is 1. The topological polar surface area (TPSA) is 20.3 Å². The summed E-state index contributed by atoms with van der Waals surface area (Å²) in [5.41, 5.74) is 0. The zero-order chi connectivity index (χ0) is 9.68. The summed E-state index contributed by atoms with van der Waals surface area (Å²) in [7, 11) is 0. The molecule has 0 aromatic heterocycles. The molecule has 13 heavy (non-hydrogen) atoms. The van der Waals surface area contributed by atoms with Gasteiger partial charge in [0.1, 0.15) is 0 Å². The van der Waals surface area contributed by atoms with Crippen molar-refractivity contribution in [3.05, 3.63) is 0 Å². The lowest BCUT2D eigenvalue weighted by Gasteiger charge is -2.21. The molecule has 0 unspecified atom stereocenters. The Hall–Kier alpha value is -0.240. The van der Waals surface area contributed by atoms with E-state index < -0.39 is 0 Å². The van der Waals surface area contributed by atoms with E-state index in [-0.39, 0.29) is 0 Å². The summed E-state index contributed by atoms with van der Waals surface area (Å²) in [4.78, 5) is 13.7. The lowest BCUT2D eigenvalue weighted by molar-refractivity contribution is -0.131. The van der Waals surface area contributed by atoms with Crippen LogP contribution in [0.5, 0.6) is 0 Å². The normalized spacial score (nSPS) is 15.8. The average Bonchev–Trinajstić information content (AvgIpc) is 2.93. The number of carbonyl (C=O) groups excluding carboxylic acids is 1. The molecular weight excluding hydrogens is 186 g/mol. The van der Waals surface area contributed by atoms with Gasteiger partial charge in [0.15, 0.2) is 0 Å². The van der Waals surface area contributed by atoms with Crippen molar-refractivity contribution in [2.24, 2.45) is 0 Å². The minimum absolute atomic E-state index is 0.296. The molecule has 0 aromatic rings. The molecule has 0 heterocycles. The molecule has 1 saturated carbocycles. The molecule has 0 bridgehead atoms. The maximum absolute atomic E-state index is 11.6. The number of halogens is 1. The van der Waals surface area contributed by atoms with E-state index in [1.807, 2.05) is 4.90 Å². The SMILES string of the molecule is CCCN(C(=O)CCCCl)C1CC1. The Morgan fingerprint density at radius 2 is 2.23 bits per heavy atom. The molecule has 0 saturated heterocycles. The Kier molecular flexibility index (Phi) is 4.57. The summed E-state index contributed by atoms with van der Waals surface area (Å²) in [6.07, 6.45) is 4.90. The van der Waals surface area contributed by atoms with E-state index in [0.29, 0.717) is 24.2 Å². The first kappa shape index (κ1) is 10.8. The highest BCUT2D eigenvalue weighted by molar-refractivity contribution is 6.17. The van der Waals surface area contributed by atoms with Crippen LogP contribution < -0.4 is 0 Å². The van der Waals surface area contributed by atoms with E-state index in [1.54, 1.807) is 0 Å². The Bertz CT molecular complexity index is 168. The van der Waals surface area contributed by atoms with Gasteiger partial charge in [0, 0.05) is 24.9 Å². The monoisotopic (exact) mass is 203 g/mol. The summed E-state index contributed by atoms with van der Waals surface area (Å²) in [5.74, 6) is 0.890. The third-order valence-electron chi connectivity index (χ3n) is 2.30. The van der Waals surface area contributed by atoms with Gasteiger partial charge in [-0.05, 0) is 25.7 Å². The number of amides is 1. The molecule has 1 aliphatic rings. The van der Waals surface area contributed by atoms with Crippen LogP contribution in [0.25, 0.3) is 0 Å². The van der Waals surface area contributed by atoms with Crippen molar-refractivity contribution in [1.29, 1.82) is 0 Å². The van der Waals surface area contributed by atoms with E-state index in [4.69, 9.17) is 11.6 Å². The Labute approximate surface area is 85.2 Å². The maximum Gasteiger partial charge on any atom is 0.222 e. The van der Waals surface area contributed by atoms with Crippen molar-refractivity contribution >= 4 is 17.5 Å². The molecule has 1 rings (SSSR count). The third-order valence-corrected chi connectivity index (χ3v) is 2.56. The predicted molar refractivity (Wildman–Crippen MR) is 55.0 cm³/mol. The molecule has 0 N–H and O–H groups in total. The van der Waals surface area contributed by atoms with Crippen LogP contribution in [0.15, 0.2) is 0 Å². The van der Waals surface area contributed by atoms with Crippen molar-refractivity contribution in [2.45, 2.75) is 45.1 Å². The molecule has 1 aliphatic carbocycles. The summed E-state index contributed by atoms with van der Waals surface area (Å²) < 4.78 is 0. The smallest absolute Gasteiger partial charge is 0.222 e. The first-order valence-corrected chi connectivity index (χ1v) is 5.68. The second-order valence-corrected chi connectivity index (χ2v) is 3.99. The fraction of sp³-hybridized carbons (Fsp3) is 0.900. The highest BCUT2D eigenvalue weighted by atomic mass is 35.5. The molecule has 3 heteroatoms. The average molecular weight is 204 g/mol. The van der Waals surface area contributed by atoms with Gasteiger partial charge in [0.25, 0.3) is 0 Å². The third kappa shape index (κ3) is 3.55. The number of hydrogen-bond acceptors (Lipinski definition) is 1. The minimum Gasteiger partial charge on any atom is -0.340 e. The van der Waals surface area contributed by atoms with Crippen LogP contribution in [0.2, 0.25) is 0 Å². The number of alkyl halides is 1. The first-order chi connectivity index (χ1) is 6.29. The van der Waals surface area contributed by atoms with Crippen molar-refractivity contribution in [2.75, 3.05) is 12.4 Å². The van der Waals surface area contributed by atoms with Crippen molar-refractivity contribution in [1.82, 2.24) is 4.90 Å². The summed E-state index contributed by atoms with van der Waals surface area (Å²) in [6.45, 7) is 3.04. The zero-order valence-corrected chi connectivity index (χ0v) is 9.02. The fourth-order valence-electron chi connectivity index (χ4n) is 1.50. The van der Waals surface area contributed by atoms with Crippen LogP contribution >= 0.6 is 11.6 Å². The predicted octanol–water partition coefficient (Wildman–Crippen LogP) is 2.41. The van der Waals surface area contributed by atoms with Crippen LogP contribution in [0.3, 0.4) is 0 Å². The zero-order valence-electron chi connectivity index (χ0n) is 8.26. The van der Waals surface area contributed by atoms with E-state index in [9.17, 15) is 4.79 Å². The molecule has 0 radical (unpaired) electrons. The summed E-state index contributed by atoms with van der Waals surface area (Å²) in [6, 6.07) is 0.558. The van der Waals surface area contributed by atoms with Gasteiger partial charge in [0.2, 0.25) is 5.91 Å². The summed E-state index contributed by atoms with van der Waals surface area (Å²) in [5, 5.41) is 0. The second-order valence-electron chi connectivity index (χ2n) is 3.61.